The molecule has 0 radical (unpaired) electrons. The number of alkyl halides is 6. The molecule has 0 bridgehead atoms. The van der Waals surface area contributed by atoms with E-state index in [4.69, 9.17) is 11.6 Å². The molecule has 1 aliphatic heterocycles. The van der Waals surface area contributed by atoms with Crippen molar-refractivity contribution in [1.82, 2.24) is 0 Å². The summed E-state index contributed by atoms with van der Waals surface area (Å²) in [7, 11) is 0. The Morgan fingerprint density at radius 1 is 1.10 bits per heavy atom. The van der Waals surface area contributed by atoms with Gasteiger partial charge >= 0.3 is 12.4 Å². The van der Waals surface area contributed by atoms with Gasteiger partial charge in [0.1, 0.15) is 0 Å². The average molecular weight is 332 g/mol. The van der Waals surface area contributed by atoms with Crippen molar-refractivity contribution in [3.8, 4) is 0 Å². The summed E-state index contributed by atoms with van der Waals surface area (Å²) in [5.74, 6) is 0. The third-order valence-corrected chi connectivity index (χ3v) is 3.40. The Balaban J connectivity index is 2.46. The van der Waals surface area contributed by atoms with E-state index in [1.54, 1.807) is 0 Å². The van der Waals surface area contributed by atoms with Crippen molar-refractivity contribution in [1.29, 1.82) is 0 Å². The highest BCUT2D eigenvalue weighted by atomic mass is 35.5. The number of aliphatic hydroxyl groups is 1. The van der Waals surface area contributed by atoms with Crippen LogP contribution in [0, 0.1) is 0 Å². The minimum absolute atomic E-state index is 0.0498. The minimum atomic E-state index is -5.45. The quantitative estimate of drug-likeness (QED) is 0.781. The minimum Gasteiger partial charge on any atom is -0.378 e. The Morgan fingerprint density at radius 2 is 1.62 bits per heavy atom. The normalized spacial score (nSPS) is 26.9. The van der Waals surface area contributed by atoms with Gasteiger partial charge in [0, 0.05) is 17.2 Å². The second kappa shape index (κ2) is 4.88. The van der Waals surface area contributed by atoms with E-state index in [1.165, 1.54) is 24.3 Å². The number of hydrogen-bond acceptors (Lipinski definition) is 2. The molecule has 0 spiro atoms. The van der Waals surface area contributed by atoms with Crippen LogP contribution in [0.2, 0.25) is 5.02 Å². The molecule has 1 N–H and O–H groups in total. The zero-order chi connectivity index (χ0) is 16.1. The van der Waals surface area contributed by atoms with Crippen LogP contribution in [0.4, 0.5) is 26.3 Å². The number of aliphatic imine (C=N–C) groups is 1. The molecule has 116 valence electrons. The highest BCUT2D eigenvalue weighted by Crippen LogP contribution is 2.47. The maximum absolute atomic E-state index is 12.8. The van der Waals surface area contributed by atoms with Gasteiger partial charge in [-0.25, -0.2) is 0 Å². The van der Waals surface area contributed by atoms with Crippen LogP contribution in [0.1, 0.15) is 12.0 Å². The van der Waals surface area contributed by atoms with Gasteiger partial charge in [-0.15, -0.1) is 0 Å². The number of benzene rings is 1. The Labute approximate surface area is 120 Å². The standard InChI is InChI=1S/C12H8ClF6NO/c13-7-3-1-6(2-4-7)8-5-10(21,12(17,18)19)9(20-8)11(14,15)16/h1-4,9,21H,5H2/t9-,10+/m1/s1. The molecule has 1 aromatic carbocycles. The number of halogens is 7. The molecular formula is C12H8ClF6NO. The molecule has 0 aromatic heterocycles. The molecule has 0 aliphatic carbocycles. The van der Waals surface area contributed by atoms with E-state index in [1.807, 2.05) is 0 Å². The van der Waals surface area contributed by atoms with Crippen LogP contribution >= 0.6 is 11.6 Å². The fourth-order valence-corrected chi connectivity index (χ4v) is 2.20. The van der Waals surface area contributed by atoms with E-state index in [-0.39, 0.29) is 10.6 Å². The first-order valence-electron chi connectivity index (χ1n) is 5.63. The lowest BCUT2D eigenvalue weighted by molar-refractivity contribution is -0.296. The van der Waals surface area contributed by atoms with Crippen molar-refractivity contribution >= 4 is 17.3 Å². The summed E-state index contributed by atoms with van der Waals surface area (Å²) < 4.78 is 76.8. The van der Waals surface area contributed by atoms with Gasteiger partial charge in [0.2, 0.25) is 0 Å². The Hall–Kier alpha value is -1.28. The second-order valence-corrected chi connectivity index (χ2v) is 5.06. The van der Waals surface area contributed by atoms with Gasteiger partial charge in [0.15, 0.2) is 11.6 Å². The zero-order valence-corrected chi connectivity index (χ0v) is 10.9. The molecule has 0 saturated carbocycles. The molecular weight excluding hydrogens is 324 g/mol. The van der Waals surface area contributed by atoms with Gasteiger partial charge in [-0.3, -0.25) is 4.99 Å². The molecule has 2 atom stereocenters. The summed E-state index contributed by atoms with van der Waals surface area (Å²) in [5.41, 5.74) is -4.37. The fourth-order valence-electron chi connectivity index (χ4n) is 2.08. The van der Waals surface area contributed by atoms with Crippen LogP contribution in [-0.2, 0) is 0 Å². The summed E-state index contributed by atoms with van der Waals surface area (Å²) in [4.78, 5) is 3.06. The van der Waals surface area contributed by atoms with E-state index in [0.29, 0.717) is 0 Å². The van der Waals surface area contributed by atoms with E-state index >= 15 is 0 Å². The molecule has 2 nitrogen and oxygen atoms in total. The van der Waals surface area contributed by atoms with Gasteiger partial charge < -0.3 is 5.11 Å². The Morgan fingerprint density at radius 3 is 2.00 bits per heavy atom. The molecule has 2 rings (SSSR count). The van der Waals surface area contributed by atoms with Gasteiger partial charge in [-0.1, -0.05) is 23.7 Å². The number of rotatable bonds is 1. The summed E-state index contributed by atoms with van der Waals surface area (Å²) in [6.45, 7) is 0. The molecule has 0 saturated heterocycles. The molecule has 1 heterocycles. The molecule has 0 fully saturated rings. The van der Waals surface area contributed by atoms with Crippen molar-refractivity contribution < 1.29 is 31.4 Å². The molecule has 0 unspecified atom stereocenters. The van der Waals surface area contributed by atoms with Crippen molar-refractivity contribution in [2.24, 2.45) is 4.99 Å². The third kappa shape index (κ3) is 2.87. The van der Waals surface area contributed by atoms with Crippen LogP contribution in [0.5, 0.6) is 0 Å². The van der Waals surface area contributed by atoms with Crippen molar-refractivity contribution in [2.45, 2.75) is 30.4 Å². The van der Waals surface area contributed by atoms with Gasteiger partial charge in [0.05, 0.1) is 0 Å². The lowest BCUT2D eigenvalue weighted by Gasteiger charge is -2.31. The first-order chi connectivity index (χ1) is 9.45. The van der Waals surface area contributed by atoms with Gasteiger partial charge in [0.25, 0.3) is 0 Å². The van der Waals surface area contributed by atoms with E-state index in [9.17, 15) is 31.4 Å². The predicted molar refractivity (Wildman–Crippen MR) is 63.5 cm³/mol. The largest absolute Gasteiger partial charge is 0.420 e. The molecule has 1 aliphatic rings. The monoisotopic (exact) mass is 331 g/mol. The summed E-state index contributed by atoms with van der Waals surface area (Å²) >= 11 is 5.60. The van der Waals surface area contributed by atoms with E-state index in [2.05, 4.69) is 4.99 Å². The first kappa shape index (κ1) is 16.1. The summed E-state index contributed by atoms with van der Waals surface area (Å²) in [6.07, 6.45) is -12.0. The van der Waals surface area contributed by atoms with Gasteiger partial charge in [-0.2, -0.15) is 26.3 Å². The van der Waals surface area contributed by atoms with Gasteiger partial charge in [-0.05, 0) is 17.7 Å². The molecule has 9 heteroatoms. The van der Waals surface area contributed by atoms with Crippen LogP contribution < -0.4 is 0 Å². The van der Waals surface area contributed by atoms with E-state index in [0.717, 1.165) is 0 Å². The zero-order valence-electron chi connectivity index (χ0n) is 10.1. The first-order valence-corrected chi connectivity index (χ1v) is 6.01. The Bertz CT molecular complexity index is 565. The average Bonchev–Trinajstić information content (AvgIpc) is 2.69. The highest BCUT2D eigenvalue weighted by molar-refractivity contribution is 6.30. The lowest BCUT2D eigenvalue weighted by Crippen LogP contribution is -2.56. The van der Waals surface area contributed by atoms with Crippen molar-refractivity contribution in [3.63, 3.8) is 0 Å². The number of nitrogens with zero attached hydrogens (tertiary/aromatic N) is 1. The van der Waals surface area contributed by atoms with Crippen LogP contribution in [0.15, 0.2) is 29.3 Å². The Kier molecular flexibility index (Phi) is 3.74. The van der Waals surface area contributed by atoms with Crippen molar-refractivity contribution in [2.75, 3.05) is 0 Å². The van der Waals surface area contributed by atoms with Crippen LogP contribution in [0.25, 0.3) is 0 Å². The van der Waals surface area contributed by atoms with E-state index < -0.39 is 36.1 Å². The maximum Gasteiger partial charge on any atom is 0.420 e. The fraction of sp³-hybridized carbons (Fsp3) is 0.417. The second-order valence-electron chi connectivity index (χ2n) is 4.63. The number of hydrogen-bond donors (Lipinski definition) is 1. The smallest absolute Gasteiger partial charge is 0.378 e. The summed E-state index contributed by atoms with van der Waals surface area (Å²) in [5, 5.41) is 9.80. The topological polar surface area (TPSA) is 32.6 Å². The van der Waals surface area contributed by atoms with Crippen LogP contribution in [0.3, 0.4) is 0 Å². The third-order valence-electron chi connectivity index (χ3n) is 3.15. The lowest BCUT2D eigenvalue weighted by atomic mass is 9.90. The SMILES string of the molecule is O[C@@]1(C(F)(F)F)CC(c2ccc(Cl)cc2)=N[C@H]1C(F)(F)F. The van der Waals surface area contributed by atoms with Crippen LogP contribution in [-0.4, -0.2) is 34.8 Å². The predicted octanol–water partition coefficient (Wildman–Crippen LogP) is 3.76. The van der Waals surface area contributed by atoms with Crippen molar-refractivity contribution in [3.05, 3.63) is 34.9 Å². The maximum atomic E-state index is 12.8. The molecule has 21 heavy (non-hydrogen) atoms. The highest BCUT2D eigenvalue weighted by Gasteiger charge is 2.69. The summed E-state index contributed by atoms with van der Waals surface area (Å²) in [6, 6.07) is 1.88. The molecule has 0 amide bonds. The molecule has 1 aromatic rings.